The second-order valence-corrected chi connectivity index (χ2v) is 3.82. The van der Waals surface area contributed by atoms with E-state index in [2.05, 4.69) is 25.1 Å². The Morgan fingerprint density at radius 2 is 2.20 bits per heavy atom. The molecule has 0 aromatic heterocycles. The van der Waals surface area contributed by atoms with Crippen molar-refractivity contribution in [2.45, 2.75) is 33.1 Å². The highest BCUT2D eigenvalue weighted by atomic mass is 16.5. The zero-order valence-corrected chi connectivity index (χ0v) is 9.62. The molecule has 0 aliphatic carbocycles. The van der Waals surface area contributed by atoms with Gasteiger partial charge in [0.05, 0.1) is 13.0 Å². The van der Waals surface area contributed by atoms with Gasteiger partial charge >= 0.3 is 5.97 Å². The van der Waals surface area contributed by atoms with Crippen LogP contribution < -0.4 is 0 Å². The van der Waals surface area contributed by atoms with Crippen LogP contribution in [0.25, 0.3) is 0 Å². The number of hydrogen-bond acceptors (Lipinski definition) is 2. The smallest absolute Gasteiger partial charge is 0.306 e. The average molecular weight is 206 g/mol. The lowest BCUT2D eigenvalue weighted by atomic mass is 9.96. The summed E-state index contributed by atoms with van der Waals surface area (Å²) in [7, 11) is 0. The summed E-state index contributed by atoms with van der Waals surface area (Å²) in [6.07, 6.45) is 0.456. The Balaban J connectivity index is 2.60. The van der Waals surface area contributed by atoms with Gasteiger partial charge < -0.3 is 4.74 Å². The lowest BCUT2D eigenvalue weighted by Crippen LogP contribution is -2.08. The first kappa shape index (κ1) is 11.8. The van der Waals surface area contributed by atoms with Gasteiger partial charge in [0, 0.05) is 0 Å². The molecular formula is C13H18O2. The maximum absolute atomic E-state index is 11.3. The fourth-order valence-corrected chi connectivity index (χ4v) is 1.56. The monoisotopic (exact) mass is 206 g/mol. The van der Waals surface area contributed by atoms with Crippen molar-refractivity contribution in [3.8, 4) is 0 Å². The number of benzene rings is 1. The third kappa shape index (κ3) is 3.74. The minimum absolute atomic E-state index is 0.119. The van der Waals surface area contributed by atoms with Crippen molar-refractivity contribution < 1.29 is 9.53 Å². The van der Waals surface area contributed by atoms with Gasteiger partial charge in [-0.2, -0.15) is 0 Å². The van der Waals surface area contributed by atoms with Crippen LogP contribution >= 0.6 is 0 Å². The van der Waals surface area contributed by atoms with E-state index in [1.807, 2.05) is 19.9 Å². The third-order valence-electron chi connectivity index (χ3n) is 2.39. The molecule has 0 saturated heterocycles. The standard InChI is InChI=1S/C13H18O2/c1-4-15-13(14)9-11(3)12-7-5-6-10(2)8-12/h5-8,11H,4,9H2,1-3H3. The van der Waals surface area contributed by atoms with Crippen LogP contribution in [0.5, 0.6) is 0 Å². The molecule has 1 unspecified atom stereocenters. The average Bonchev–Trinajstić information content (AvgIpc) is 2.18. The Morgan fingerprint density at radius 3 is 2.80 bits per heavy atom. The van der Waals surface area contributed by atoms with E-state index in [-0.39, 0.29) is 11.9 Å². The molecule has 0 saturated carbocycles. The fraction of sp³-hybridized carbons (Fsp3) is 0.462. The van der Waals surface area contributed by atoms with E-state index < -0.39 is 0 Å². The predicted octanol–water partition coefficient (Wildman–Crippen LogP) is 3.05. The molecular weight excluding hydrogens is 188 g/mol. The van der Waals surface area contributed by atoms with Gasteiger partial charge in [-0.25, -0.2) is 0 Å². The summed E-state index contributed by atoms with van der Waals surface area (Å²) in [4.78, 5) is 11.3. The molecule has 0 amide bonds. The van der Waals surface area contributed by atoms with Crippen molar-refractivity contribution in [2.75, 3.05) is 6.61 Å². The lowest BCUT2D eigenvalue weighted by molar-refractivity contribution is -0.143. The maximum atomic E-state index is 11.3. The van der Waals surface area contributed by atoms with Gasteiger partial charge in [0.25, 0.3) is 0 Å². The number of carbonyl (C=O) groups is 1. The van der Waals surface area contributed by atoms with Crippen LogP contribution in [0.4, 0.5) is 0 Å². The Morgan fingerprint density at radius 1 is 1.47 bits per heavy atom. The van der Waals surface area contributed by atoms with Gasteiger partial charge in [0.2, 0.25) is 0 Å². The molecule has 15 heavy (non-hydrogen) atoms. The molecule has 0 aliphatic heterocycles. The Kier molecular flexibility index (Phi) is 4.35. The number of aryl methyl sites for hydroxylation is 1. The van der Waals surface area contributed by atoms with Crippen LogP contribution in [0.15, 0.2) is 24.3 Å². The number of carbonyl (C=O) groups excluding carboxylic acids is 1. The first-order valence-corrected chi connectivity index (χ1v) is 5.35. The maximum Gasteiger partial charge on any atom is 0.306 e. The van der Waals surface area contributed by atoms with Crippen LogP contribution in [0, 0.1) is 6.92 Å². The highest BCUT2D eigenvalue weighted by Crippen LogP contribution is 2.20. The molecule has 0 spiro atoms. The second kappa shape index (κ2) is 5.54. The molecule has 0 aliphatic rings. The summed E-state index contributed by atoms with van der Waals surface area (Å²) in [5.41, 5.74) is 2.42. The van der Waals surface area contributed by atoms with Crippen LogP contribution in [-0.2, 0) is 9.53 Å². The molecule has 0 heterocycles. The quantitative estimate of drug-likeness (QED) is 0.708. The van der Waals surface area contributed by atoms with Crippen molar-refractivity contribution >= 4 is 5.97 Å². The summed E-state index contributed by atoms with van der Waals surface area (Å²) < 4.78 is 4.93. The molecule has 82 valence electrons. The van der Waals surface area contributed by atoms with E-state index in [0.717, 1.165) is 0 Å². The lowest BCUT2D eigenvalue weighted by Gasteiger charge is -2.11. The summed E-state index contributed by atoms with van der Waals surface area (Å²) in [6, 6.07) is 8.24. The molecule has 0 radical (unpaired) electrons. The largest absolute Gasteiger partial charge is 0.466 e. The summed E-state index contributed by atoms with van der Waals surface area (Å²) >= 11 is 0. The SMILES string of the molecule is CCOC(=O)CC(C)c1cccc(C)c1. The number of esters is 1. The highest BCUT2D eigenvalue weighted by Gasteiger charge is 2.11. The molecule has 1 atom stereocenters. The second-order valence-electron chi connectivity index (χ2n) is 3.82. The molecule has 0 N–H and O–H groups in total. The van der Waals surface area contributed by atoms with Crippen molar-refractivity contribution in [1.29, 1.82) is 0 Å². The molecule has 1 rings (SSSR count). The van der Waals surface area contributed by atoms with Gasteiger partial charge in [-0.05, 0) is 25.3 Å². The highest BCUT2D eigenvalue weighted by molar-refractivity contribution is 5.70. The van der Waals surface area contributed by atoms with E-state index in [1.54, 1.807) is 0 Å². The van der Waals surface area contributed by atoms with Crippen LogP contribution in [0.3, 0.4) is 0 Å². The van der Waals surface area contributed by atoms with Crippen molar-refractivity contribution in [3.05, 3.63) is 35.4 Å². The molecule has 0 fully saturated rings. The predicted molar refractivity (Wildman–Crippen MR) is 60.8 cm³/mol. The zero-order chi connectivity index (χ0) is 11.3. The van der Waals surface area contributed by atoms with E-state index in [1.165, 1.54) is 11.1 Å². The van der Waals surface area contributed by atoms with Crippen LogP contribution in [0.1, 0.15) is 37.3 Å². The van der Waals surface area contributed by atoms with Gasteiger partial charge in [0.1, 0.15) is 0 Å². The molecule has 1 aromatic rings. The first-order chi connectivity index (χ1) is 7.13. The third-order valence-corrected chi connectivity index (χ3v) is 2.39. The Hall–Kier alpha value is -1.31. The normalized spacial score (nSPS) is 12.2. The summed E-state index contributed by atoms with van der Waals surface area (Å²) in [5.74, 6) is 0.107. The van der Waals surface area contributed by atoms with Crippen molar-refractivity contribution in [1.82, 2.24) is 0 Å². The summed E-state index contributed by atoms with van der Waals surface area (Å²) in [6.45, 7) is 6.39. The Labute approximate surface area is 91.3 Å². The van der Waals surface area contributed by atoms with Gasteiger partial charge in [-0.1, -0.05) is 36.8 Å². The number of ether oxygens (including phenoxy) is 1. The van der Waals surface area contributed by atoms with Crippen LogP contribution in [0.2, 0.25) is 0 Å². The van der Waals surface area contributed by atoms with E-state index in [0.29, 0.717) is 13.0 Å². The fourth-order valence-electron chi connectivity index (χ4n) is 1.56. The van der Waals surface area contributed by atoms with E-state index in [4.69, 9.17) is 4.74 Å². The Bertz CT molecular complexity index is 331. The molecule has 1 aromatic carbocycles. The zero-order valence-electron chi connectivity index (χ0n) is 9.62. The first-order valence-electron chi connectivity index (χ1n) is 5.35. The topological polar surface area (TPSA) is 26.3 Å². The van der Waals surface area contributed by atoms with Crippen molar-refractivity contribution in [2.24, 2.45) is 0 Å². The van der Waals surface area contributed by atoms with Crippen molar-refractivity contribution in [3.63, 3.8) is 0 Å². The number of hydrogen-bond donors (Lipinski definition) is 0. The van der Waals surface area contributed by atoms with E-state index in [9.17, 15) is 4.79 Å². The number of rotatable bonds is 4. The van der Waals surface area contributed by atoms with Crippen LogP contribution in [-0.4, -0.2) is 12.6 Å². The molecule has 0 bridgehead atoms. The minimum atomic E-state index is -0.119. The van der Waals surface area contributed by atoms with Gasteiger partial charge in [-0.15, -0.1) is 0 Å². The molecule has 2 heteroatoms. The van der Waals surface area contributed by atoms with Gasteiger partial charge in [0.15, 0.2) is 0 Å². The van der Waals surface area contributed by atoms with Gasteiger partial charge in [-0.3, -0.25) is 4.79 Å². The molecule has 2 nitrogen and oxygen atoms in total. The summed E-state index contributed by atoms with van der Waals surface area (Å²) in [5, 5.41) is 0. The minimum Gasteiger partial charge on any atom is -0.466 e. The van der Waals surface area contributed by atoms with E-state index >= 15 is 0 Å².